The van der Waals surface area contributed by atoms with Crippen LogP contribution >= 0.6 is 11.6 Å². The molecule has 0 aliphatic carbocycles. The minimum atomic E-state index is -1.12. The second-order valence-electron chi connectivity index (χ2n) is 3.23. The van der Waals surface area contributed by atoms with E-state index in [9.17, 15) is 9.59 Å². The van der Waals surface area contributed by atoms with E-state index in [1.54, 1.807) is 6.07 Å². The van der Waals surface area contributed by atoms with Gasteiger partial charge in [-0.25, -0.2) is 9.78 Å². The average molecular weight is 255 g/mol. The highest BCUT2D eigenvalue weighted by atomic mass is 35.5. The maximum absolute atomic E-state index is 11.7. The van der Waals surface area contributed by atoms with Gasteiger partial charge in [0.25, 0.3) is 5.91 Å². The van der Waals surface area contributed by atoms with Crippen molar-refractivity contribution in [2.45, 2.75) is 12.5 Å². The lowest BCUT2D eigenvalue weighted by Gasteiger charge is -2.11. The van der Waals surface area contributed by atoms with Crippen LogP contribution in [0.3, 0.4) is 0 Å². The monoisotopic (exact) mass is 254 g/mol. The largest absolute Gasteiger partial charge is 0.480 e. The number of hydrogen-bond acceptors (Lipinski definition) is 3. The van der Waals surface area contributed by atoms with E-state index in [4.69, 9.17) is 16.7 Å². The maximum Gasteiger partial charge on any atom is 0.326 e. The zero-order chi connectivity index (χ0) is 12.8. The van der Waals surface area contributed by atoms with Crippen LogP contribution in [0.4, 0.5) is 0 Å². The third-order valence-electron chi connectivity index (χ3n) is 1.95. The average Bonchev–Trinajstić information content (AvgIpc) is 2.28. The van der Waals surface area contributed by atoms with Gasteiger partial charge < -0.3 is 10.4 Å². The van der Waals surface area contributed by atoms with Gasteiger partial charge in [0.15, 0.2) is 0 Å². The van der Waals surface area contributed by atoms with Gasteiger partial charge in [0.2, 0.25) is 0 Å². The Morgan fingerprint density at radius 3 is 2.82 bits per heavy atom. The lowest BCUT2D eigenvalue weighted by Crippen LogP contribution is -2.40. The number of halogens is 1. The molecule has 1 rings (SSSR count). The van der Waals surface area contributed by atoms with Crippen LogP contribution in [-0.4, -0.2) is 28.0 Å². The molecule has 1 amide bonds. The molecule has 17 heavy (non-hydrogen) atoms. The van der Waals surface area contributed by atoms with Crippen LogP contribution in [0.25, 0.3) is 0 Å². The molecule has 0 radical (unpaired) electrons. The number of rotatable bonds is 5. The van der Waals surface area contributed by atoms with Crippen LogP contribution in [-0.2, 0) is 4.79 Å². The summed E-state index contributed by atoms with van der Waals surface area (Å²) in [6, 6.07) is 3.53. The molecule has 0 bridgehead atoms. The van der Waals surface area contributed by atoms with Gasteiger partial charge in [0, 0.05) is 0 Å². The van der Waals surface area contributed by atoms with Gasteiger partial charge in [-0.05, 0) is 18.6 Å². The van der Waals surface area contributed by atoms with Crippen molar-refractivity contribution in [3.8, 4) is 0 Å². The topological polar surface area (TPSA) is 79.3 Å². The van der Waals surface area contributed by atoms with Crippen molar-refractivity contribution in [1.29, 1.82) is 0 Å². The zero-order valence-corrected chi connectivity index (χ0v) is 9.65. The number of carboxylic acid groups (broad SMARTS) is 1. The van der Waals surface area contributed by atoms with Gasteiger partial charge in [-0.15, -0.1) is 6.58 Å². The molecular weight excluding hydrogens is 244 g/mol. The lowest BCUT2D eigenvalue weighted by molar-refractivity contribution is -0.139. The number of carbonyl (C=O) groups excluding carboxylic acids is 1. The van der Waals surface area contributed by atoms with Crippen molar-refractivity contribution in [3.63, 3.8) is 0 Å². The predicted octanol–water partition coefficient (Wildman–Crippen LogP) is 1.49. The number of carbonyl (C=O) groups is 2. The van der Waals surface area contributed by atoms with Gasteiger partial charge >= 0.3 is 5.97 Å². The molecule has 0 aliphatic heterocycles. The van der Waals surface area contributed by atoms with Crippen LogP contribution in [0.2, 0.25) is 5.15 Å². The molecule has 1 aromatic rings. The number of aromatic nitrogens is 1. The molecule has 5 nitrogen and oxygen atoms in total. The number of nitrogens with zero attached hydrogens (tertiary/aromatic N) is 1. The second kappa shape index (κ2) is 6.00. The van der Waals surface area contributed by atoms with E-state index in [-0.39, 0.29) is 17.3 Å². The molecule has 90 valence electrons. The van der Waals surface area contributed by atoms with Crippen molar-refractivity contribution in [2.24, 2.45) is 0 Å². The van der Waals surface area contributed by atoms with Crippen LogP contribution in [0, 0.1) is 0 Å². The minimum Gasteiger partial charge on any atom is -0.480 e. The lowest BCUT2D eigenvalue weighted by atomic mass is 10.2. The third kappa shape index (κ3) is 3.88. The van der Waals surface area contributed by atoms with Crippen LogP contribution in [0.15, 0.2) is 30.9 Å². The molecule has 0 saturated heterocycles. The first-order chi connectivity index (χ1) is 8.04. The first-order valence-electron chi connectivity index (χ1n) is 4.81. The normalized spacial score (nSPS) is 11.6. The fraction of sp³-hybridized carbons (Fsp3) is 0.182. The summed E-state index contributed by atoms with van der Waals surface area (Å²) in [5.41, 5.74) is 0.0767. The summed E-state index contributed by atoms with van der Waals surface area (Å²) in [6.07, 6.45) is 1.56. The van der Waals surface area contributed by atoms with Crippen LogP contribution in [0.5, 0.6) is 0 Å². The molecule has 1 heterocycles. The Labute approximate surface area is 103 Å². The standard InChI is InChI=1S/C11H11ClN2O3/c1-2-4-8(11(16)17)14-10(15)7-5-3-6-9(12)13-7/h2-3,5-6,8H,1,4H2,(H,14,15)(H,16,17). The summed E-state index contributed by atoms with van der Waals surface area (Å²) < 4.78 is 0. The molecule has 1 unspecified atom stereocenters. The van der Waals surface area contributed by atoms with Crippen molar-refractivity contribution in [2.75, 3.05) is 0 Å². The van der Waals surface area contributed by atoms with Gasteiger partial charge in [0.1, 0.15) is 16.9 Å². The van der Waals surface area contributed by atoms with E-state index in [1.165, 1.54) is 18.2 Å². The fourth-order valence-corrected chi connectivity index (χ4v) is 1.32. The molecular formula is C11H11ClN2O3. The molecule has 0 aliphatic rings. The number of carboxylic acids is 1. The highest BCUT2D eigenvalue weighted by Gasteiger charge is 2.19. The van der Waals surface area contributed by atoms with Crippen LogP contribution in [0.1, 0.15) is 16.9 Å². The summed E-state index contributed by atoms with van der Waals surface area (Å²) in [4.78, 5) is 26.3. The smallest absolute Gasteiger partial charge is 0.326 e. The number of aliphatic carboxylic acids is 1. The van der Waals surface area contributed by atoms with Crippen molar-refractivity contribution < 1.29 is 14.7 Å². The van der Waals surface area contributed by atoms with Crippen LogP contribution < -0.4 is 5.32 Å². The number of nitrogens with one attached hydrogen (secondary N) is 1. The molecule has 0 spiro atoms. The van der Waals surface area contributed by atoms with Gasteiger partial charge in [0.05, 0.1) is 0 Å². The Morgan fingerprint density at radius 2 is 2.29 bits per heavy atom. The Kier molecular flexibility index (Phi) is 4.66. The van der Waals surface area contributed by atoms with E-state index in [0.29, 0.717) is 0 Å². The minimum absolute atomic E-state index is 0.0767. The first kappa shape index (κ1) is 13.2. The summed E-state index contributed by atoms with van der Waals surface area (Å²) in [7, 11) is 0. The maximum atomic E-state index is 11.7. The molecule has 1 aromatic heterocycles. The Bertz CT molecular complexity index is 448. The van der Waals surface area contributed by atoms with Crippen molar-refractivity contribution in [1.82, 2.24) is 10.3 Å². The Morgan fingerprint density at radius 1 is 1.59 bits per heavy atom. The van der Waals surface area contributed by atoms with E-state index in [2.05, 4.69) is 16.9 Å². The molecule has 0 saturated carbocycles. The van der Waals surface area contributed by atoms with Crippen molar-refractivity contribution >= 4 is 23.5 Å². The molecule has 1 atom stereocenters. The molecule has 0 fully saturated rings. The Balaban J connectivity index is 2.77. The SMILES string of the molecule is C=CCC(NC(=O)c1cccc(Cl)n1)C(=O)O. The highest BCUT2D eigenvalue weighted by Crippen LogP contribution is 2.05. The third-order valence-corrected chi connectivity index (χ3v) is 2.16. The number of hydrogen-bond donors (Lipinski definition) is 2. The Hall–Kier alpha value is -1.88. The summed E-state index contributed by atoms with van der Waals surface area (Å²) in [6.45, 7) is 3.43. The fourth-order valence-electron chi connectivity index (χ4n) is 1.16. The summed E-state index contributed by atoms with van der Waals surface area (Å²) in [5, 5.41) is 11.4. The first-order valence-corrected chi connectivity index (χ1v) is 5.19. The van der Waals surface area contributed by atoms with Crippen molar-refractivity contribution in [3.05, 3.63) is 41.7 Å². The van der Waals surface area contributed by atoms with E-state index < -0.39 is 17.9 Å². The van der Waals surface area contributed by atoms with E-state index in [0.717, 1.165) is 0 Å². The summed E-state index contributed by atoms with van der Waals surface area (Å²) >= 11 is 5.63. The molecule has 0 aromatic carbocycles. The van der Waals surface area contributed by atoms with E-state index in [1.807, 2.05) is 0 Å². The summed E-state index contributed by atoms with van der Waals surface area (Å²) in [5.74, 6) is -1.71. The van der Waals surface area contributed by atoms with Gasteiger partial charge in [-0.3, -0.25) is 4.79 Å². The number of pyridine rings is 1. The second-order valence-corrected chi connectivity index (χ2v) is 3.62. The van der Waals surface area contributed by atoms with Gasteiger partial charge in [-0.2, -0.15) is 0 Å². The number of amides is 1. The quantitative estimate of drug-likeness (QED) is 0.616. The molecule has 2 N–H and O–H groups in total. The highest BCUT2D eigenvalue weighted by molar-refractivity contribution is 6.29. The van der Waals surface area contributed by atoms with E-state index >= 15 is 0 Å². The zero-order valence-electron chi connectivity index (χ0n) is 8.89. The van der Waals surface area contributed by atoms with Gasteiger partial charge in [-0.1, -0.05) is 23.7 Å². The predicted molar refractivity (Wildman–Crippen MR) is 63.0 cm³/mol. The molecule has 6 heteroatoms.